The summed E-state index contributed by atoms with van der Waals surface area (Å²) in [5.74, 6) is 1.29. The molecular weight excluding hydrogens is 194 g/mol. The van der Waals surface area contributed by atoms with Gasteiger partial charge in [0.25, 0.3) is 0 Å². The third-order valence-corrected chi connectivity index (χ3v) is 2.62. The first kappa shape index (κ1) is 10.0. The van der Waals surface area contributed by atoms with E-state index >= 15 is 0 Å². The van der Waals surface area contributed by atoms with E-state index in [9.17, 15) is 4.79 Å². The number of nitrogens with one attached hydrogen (secondary N) is 1. The average Bonchev–Trinajstić information content (AvgIpc) is 2.84. The molecule has 0 aromatic carbocycles. The SMILES string of the molecule is CC1CCN(C(=O)NCc2ccno2)C1. The predicted octanol–water partition coefficient (Wildman–Crippen LogP) is 1.23. The molecule has 1 N–H and O–H groups in total. The van der Waals surface area contributed by atoms with E-state index in [1.165, 1.54) is 0 Å². The standard InChI is InChI=1S/C10H15N3O2/c1-8-3-5-13(7-8)10(14)11-6-9-2-4-12-15-9/h2,4,8H,3,5-7H2,1H3,(H,11,14). The Kier molecular flexibility index (Phi) is 2.89. The van der Waals surface area contributed by atoms with Gasteiger partial charge in [-0.05, 0) is 12.3 Å². The summed E-state index contributed by atoms with van der Waals surface area (Å²) in [5, 5.41) is 6.37. The molecule has 1 aliphatic heterocycles. The first-order chi connectivity index (χ1) is 7.25. The van der Waals surface area contributed by atoms with E-state index < -0.39 is 0 Å². The van der Waals surface area contributed by atoms with Crippen LogP contribution < -0.4 is 5.32 Å². The van der Waals surface area contributed by atoms with Crippen LogP contribution in [0, 0.1) is 5.92 Å². The van der Waals surface area contributed by atoms with Crippen molar-refractivity contribution in [3.05, 3.63) is 18.0 Å². The lowest BCUT2D eigenvalue weighted by Gasteiger charge is -2.15. The largest absolute Gasteiger partial charge is 0.360 e. The van der Waals surface area contributed by atoms with Gasteiger partial charge in [-0.25, -0.2) is 4.79 Å². The zero-order chi connectivity index (χ0) is 10.7. The van der Waals surface area contributed by atoms with Crippen molar-refractivity contribution in [2.75, 3.05) is 13.1 Å². The number of amides is 2. The lowest BCUT2D eigenvalue weighted by atomic mass is 10.2. The number of carbonyl (C=O) groups is 1. The van der Waals surface area contributed by atoms with Gasteiger partial charge >= 0.3 is 6.03 Å². The minimum Gasteiger partial charge on any atom is -0.360 e. The molecule has 1 fully saturated rings. The van der Waals surface area contributed by atoms with Crippen LogP contribution in [0.3, 0.4) is 0 Å². The van der Waals surface area contributed by atoms with Crippen molar-refractivity contribution in [2.45, 2.75) is 19.9 Å². The number of carbonyl (C=O) groups excluding carboxylic acids is 1. The highest BCUT2D eigenvalue weighted by molar-refractivity contribution is 5.74. The zero-order valence-corrected chi connectivity index (χ0v) is 8.77. The van der Waals surface area contributed by atoms with Crippen molar-refractivity contribution in [1.29, 1.82) is 0 Å². The molecule has 1 aromatic rings. The summed E-state index contributed by atoms with van der Waals surface area (Å²) >= 11 is 0. The highest BCUT2D eigenvalue weighted by atomic mass is 16.5. The highest BCUT2D eigenvalue weighted by Crippen LogP contribution is 2.14. The maximum Gasteiger partial charge on any atom is 0.317 e. The van der Waals surface area contributed by atoms with E-state index in [1.807, 2.05) is 4.90 Å². The summed E-state index contributed by atoms with van der Waals surface area (Å²) in [5.41, 5.74) is 0. The molecule has 1 unspecified atom stereocenters. The van der Waals surface area contributed by atoms with E-state index in [4.69, 9.17) is 4.52 Å². The van der Waals surface area contributed by atoms with E-state index in [1.54, 1.807) is 12.3 Å². The Hall–Kier alpha value is -1.52. The first-order valence-corrected chi connectivity index (χ1v) is 5.18. The molecule has 2 rings (SSSR count). The van der Waals surface area contributed by atoms with Crippen LogP contribution in [0.2, 0.25) is 0 Å². The Morgan fingerprint density at radius 3 is 3.27 bits per heavy atom. The Labute approximate surface area is 88.4 Å². The van der Waals surface area contributed by atoms with Gasteiger partial charge in [0.2, 0.25) is 0 Å². The molecule has 2 heterocycles. The van der Waals surface area contributed by atoms with Gasteiger partial charge in [-0.3, -0.25) is 0 Å². The maximum atomic E-state index is 11.6. The van der Waals surface area contributed by atoms with Crippen molar-refractivity contribution in [1.82, 2.24) is 15.4 Å². The van der Waals surface area contributed by atoms with Gasteiger partial charge in [0.1, 0.15) is 0 Å². The van der Waals surface area contributed by atoms with Crippen LogP contribution in [0.15, 0.2) is 16.8 Å². The van der Waals surface area contributed by atoms with Crippen molar-refractivity contribution in [3.8, 4) is 0 Å². The number of urea groups is 1. The second-order valence-corrected chi connectivity index (χ2v) is 3.98. The maximum absolute atomic E-state index is 11.6. The van der Waals surface area contributed by atoms with Crippen LogP contribution in [-0.4, -0.2) is 29.2 Å². The number of nitrogens with zero attached hydrogens (tertiary/aromatic N) is 2. The molecular formula is C10H15N3O2. The molecule has 5 nitrogen and oxygen atoms in total. The average molecular weight is 209 g/mol. The van der Waals surface area contributed by atoms with Crippen molar-refractivity contribution >= 4 is 6.03 Å². The smallest absolute Gasteiger partial charge is 0.317 e. The minimum atomic E-state index is -0.0178. The summed E-state index contributed by atoms with van der Waals surface area (Å²) in [4.78, 5) is 13.5. The van der Waals surface area contributed by atoms with Crippen LogP contribution in [0.5, 0.6) is 0 Å². The summed E-state index contributed by atoms with van der Waals surface area (Å²) < 4.78 is 4.88. The monoisotopic (exact) mass is 209 g/mol. The highest BCUT2D eigenvalue weighted by Gasteiger charge is 2.22. The van der Waals surface area contributed by atoms with Crippen molar-refractivity contribution in [3.63, 3.8) is 0 Å². The van der Waals surface area contributed by atoms with Crippen molar-refractivity contribution < 1.29 is 9.32 Å². The van der Waals surface area contributed by atoms with Gasteiger partial charge in [0.15, 0.2) is 5.76 Å². The van der Waals surface area contributed by atoms with Gasteiger partial charge in [0, 0.05) is 19.2 Å². The lowest BCUT2D eigenvalue weighted by Crippen LogP contribution is -2.37. The third-order valence-electron chi connectivity index (χ3n) is 2.62. The molecule has 15 heavy (non-hydrogen) atoms. The van der Waals surface area contributed by atoms with Crippen LogP contribution in [-0.2, 0) is 6.54 Å². The van der Waals surface area contributed by atoms with Crippen LogP contribution in [0.25, 0.3) is 0 Å². The van der Waals surface area contributed by atoms with Crippen LogP contribution in [0.1, 0.15) is 19.1 Å². The van der Waals surface area contributed by atoms with Crippen molar-refractivity contribution in [2.24, 2.45) is 5.92 Å². The van der Waals surface area contributed by atoms with E-state index in [0.29, 0.717) is 18.2 Å². The fourth-order valence-electron chi connectivity index (χ4n) is 1.73. The van der Waals surface area contributed by atoms with Gasteiger partial charge < -0.3 is 14.7 Å². The summed E-state index contributed by atoms with van der Waals surface area (Å²) in [6.45, 7) is 4.26. The molecule has 0 aliphatic carbocycles. The van der Waals surface area contributed by atoms with Crippen LogP contribution in [0.4, 0.5) is 4.79 Å². The molecule has 2 amide bonds. The molecule has 5 heteroatoms. The second-order valence-electron chi connectivity index (χ2n) is 3.98. The molecule has 0 bridgehead atoms. The number of rotatable bonds is 2. The second kappa shape index (κ2) is 4.33. The van der Waals surface area contributed by atoms with Gasteiger partial charge in [-0.15, -0.1) is 0 Å². The quantitative estimate of drug-likeness (QED) is 0.796. The van der Waals surface area contributed by atoms with Gasteiger partial charge in [-0.2, -0.15) is 0 Å². The van der Waals surface area contributed by atoms with E-state index in [-0.39, 0.29) is 6.03 Å². The lowest BCUT2D eigenvalue weighted by molar-refractivity contribution is 0.205. The fraction of sp³-hybridized carbons (Fsp3) is 0.600. The number of likely N-dealkylation sites (tertiary alicyclic amines) is 1. The predicted molar refractivity (Wildman–Crippen MR) is 54.1 cm³/mol. The Balaban J connectivity index is 1.78. The first-order valence-electron chi connectivity index (χ1n) is 5.18. The van der Waals surface area contributed by atoms with E-state index in [2.05, 4.69) is 17.4 Å². The Bertz CT molecular complexity index is 323. The molecule has 0 radical (unpaired) electrons. The Morgan fingerprint density at radius 1 is 1.80 bits per heavy atom. The third kappa shape index (κ3) is 2.49. The molecule has 82 valence electrons. The number of hydrogen-bond donors (Lipinski definition) is 1. The molecule has 1 aliphatic rings. The number of aromatic nitrogens is 1. The van der Waals surface area contributed by atoms with Crippen LogP contribution >= 0.6 is 0 Å². The molecule has 1 aromatic heterocycles. The molecule has 0 spiro atoms. The fourth-order valence-corrected chi connectivity index (χ4v) is 1.73. The molecule has 1 atom stereocenters. The van der Waals surface area contributed by atoms with E-state index in [0.717, 1.165) is 19.5 Å². The number of hydrogen-bond acceptors (Lipinski definition) is 3. The molecule has 0 saturated carbocycles. The zero-order valence-electron chi connectivity index (χ0n) is 8.77. The van der Waals surface area contributed by atoms with Gasteiger partial charge in [0.05, 0.1) is 12.7 Å². The normalized spacial score (nSPS) is 20.6. The summed E-state index contributed by atoms with van der Waals surface area (Å²) in [6, 6.07) is 1.73. The minimum absolute atomic E-state index is 0.0178. The topological polar surface area (TPSA) is 58.4 Å². The summed E-state index contributed by atoms with van der Waals surface area (Å²) in [7, 11) is 0. The summed E-state index contributed by atoms with van der Waals surface area (Å²) in [6.07, 6.45) is 2.66. The van der Waals surface area contributed by atoms with Gasteiger partial charge in [-0.1, -0.05) is 12.1 Å². The Morgan fingerprint density at radius 2 is 2.67 bits per heavy atom. The molecule has 1 saturated heterocycles.